The van der Waals surface area contributed by atoms with Crippen molar-refractivity contribution >= 4 is 6.29 Å². The molecular weight excluding hydrogens is 100 g/mol. The largest absolute Gasteiger partial charge is 0.303 e. The van der Waals surface area contributed by atoms with E-state index < -0.39 is 5.89 Å². The summed E-state index contributed by atoms with van der Waals surface area (Å²) in [5, 5.41) is 0. The topological polar surface area (TPSA) is 17.1 Å². The van der Waals surface area contributed by atoms with Crippen molar-refractivity contribution in [2.24, 2.45) is 5.89 Å². The van der Waals surface area contributed by atoms with Gasteiger partial charge < -0.3 is 4.79 Å². The Morgan fingerprint density at radius 2 is 2.62 bits per heavy atom. The highest BCUT2D eigenvalue weighted by atomic mass is 16.1. The summed E-state index contributed by atoms with van der Waals surface area (Å²) in [6.45, 7) is 0. The second-order valence-electron chi connectivity index (χ2n) is 1.68. The molecular formula is C7H8O. The third-order valence-electron chi connectivity index (χ3n) is 1.06. The van der Waals surface area contributed by atoms with Crippen molar-refractivity contribution < 1.29 is 6.17 Å². The van der Waals surface area contributed by atoms with Crippen molar-refractivity contribution in [2.45, 2.75) is 6.42 Å². The summed E-state index contributed by atoms with van der Waals surface area (Å²) in [4.78, 5) is 10.2. The Morgan fingerprint density at radius 3 is 3.00 bits per heavy atom. The highest BCUT2D eigenvalue weighted by Gasteiger charge is 1.99. The fourth-order valence-corrected chi connectivity index (χ4v) is 0.617. The van der Waals surface area contributed by atoms with Crippen LogP contribution in [0.4, 0.5) is 0 Å². The highest BCUT2D eigenvalue weighted by Crippen LogP contribution is 2.06. The van der Waals surface area contributed by atoms with Crippen LogP contribution in [-0.2, 0) is 4.79 Å². The van der Waals surface area contributed by atoms with Crippen LogP contribution in [-0.4, -0.2) is 6.29 Å². The molecule has 0 aromatic carbocycles. The third kappa shape index (κ3) is 1.06. The first-order chi connectivity index (χ1) is 4.27. The summed E-state index contributed by atoms with van der Waals surface area (Å²) in [7, 11) is 0. The molecule has 1 unspecified atom stereocenters. The number of aldehydes is 1. The van der Waals surface area contributed by atoms with Gasteiger partial charge in [-0.15, -0.1) is 0 Å². The molecule has 0 bridgehead atoms. The summed E-state index contributed by atoms with van der Waals surface area (Å²) >= 11 is 0. The second-order valence-corrected chi connectivity index (χ2v) is 1.68. The van der Waals surface area contributed by atoms with Gasteiger partial charge in [0.25, 0.3) is 0 Å². The molecule has 0 saturated carbocycles. The predicted molar refractivity (Wildman–Crippen MR) is 32.5 cm³/mol. The van der Waals surface area contributed by atoms with Crippen molar-refractivity contribution in [3.8, 4) is 0 Å². The zero-order valence-electron chi connectivity index (χ0n) is 5.50. The normalized spacial score (nSPS) is 36.8. The van der Waals surface area contributed by atoms with Crippen LogP contribution in [0.3, 0.4) is 0 Å². The van der Waals surface area contributed by atoms with Crippen LogP contribution in [0.15, 0.2) is 24.3 Å². The molecule has 1 rings (SSSR count). The lowest BCUT2D eigenvalue weighted by Gasteiger charge is -2.01. The van der Waals surface area contributed by atoms with Crippen molar-refractivity contribution in [3.63, 3.8) is 0 Å². The molecule has 0 saturated heterocycles. The van der Waals surface area contributed by atoms with Gasteiger partial charge >= 0.3 is 0 Å². The van der Waals surface area contributed by atoms with Gasteiger partial charge in [0.1, 0.15) is 6.29 Å². The minimum Gasteiger partial charge on any atom is -0.303 e. The van der Waals surface area contributed by atoms with E-state index in [2.05, 4.69) is 0 Å². The Hall–Kier alpha value is -0.850. The van der Waals surface area contributed by atoms with Crippen molar-refractivity contribution in [3.05, 3.63) is 24.3 Å². The van der Waals surface area contributed by atoms with Crippen LogP contribution in [0.5, 0.6) is 0 Å². The predicted octanol–water partition coefficient (Wildman–Crippen LogP) is 1.32. The minimum atomic E-state index is -0.977. The van der Waals surface area contributed by atoms with E-state index in [1.807, 2.05) is 12.2 Å². The molecule has 0 spiro atoms. The summed E-state index contributed by atoms with van der Waals surface area (Å²) < 4.78 is 7.36. The van der Waals surface area contributed by atoms with Gasteiger partial charge in [-0.05, 0) is 6.42 Å². The monoisotopic (exact) mass is 109 g/mol. The molecule has 0 radical (unpaired) electrons. The van der Waals surface area contributed by atoms with Gasteiger partial charge in [-0.1, -0.05) is 24.3 Å². The van der Waals surface area contributed by atoms with E-state index in [1.54, 1.807) is 12.2 Å². The van der Waals surface area contributed by atoms with Crippen molar-refractivity contribution in [1.82, 2.24) is 0 Å². The van der Waals surface area contributed by atoms with Crippen LogP contribution in [0.2, 0.25) is 0 Å². The average molecular weight is 109 g/mol. The molecule has 8 heavy (non-hydrogen) atoms. The van der Waals surface area contributed by atoms with E-state index in [1.165, 1.54) is 0 Å². The minimum absolute atomic E-state index is 0.507. The van der Waals surface area contributed by atoms with E-state index in [9.17, 15) is 4.79 Å². The first kappa shape index (κ1) is 4.07. The maximum Gasteiger partial charge on any atom is 0.127 e. The SMILES string of the molecule is [2H]C1(C=O)C=CC=CC1. The highest BCUT2D eigenvalue weighted by molar-refractivity contribution is 5.57. The van der Waals surface area contributed by atoms with Gasteiger partial charge in [0.05, 0.1) is 0 Å². The quantitative estimate of drug-likeness (QED) is 0.464. The summed E-state index contributed by atoms with van der Waals surface area (Å²) in [6.07, 6.45) is 8.16. The lowest BCUT2D eigenvalue weighted by atomic mass is 10.0. The molecule has 0 amide bonds. The number of hydrogen-bond acceptors (Lipinski definition) is 1. The zero-order valence-corrected chi connectivity index (χ0v) is 4.50. The zero-order chi connectivity index (χ0) is 6.74. The maximum atomic E-state index is 10.2. The summed E-state index contributed by atoms with van der Waals surface area (Å²) in [5.41, 5.74) is 0. The van der Waals surface area contributed by atoms with E-state index in [0.29, 0.717) is 12.7 Å². The van der Waals surface area contributed by atoms with Crippen molar-refractivity contribution in [2.75, 3.05) is 0 Å². The molecule has 0 fully saturated rings. The Kier molecular flexibility index (Phi) is 1.25. The standard InChI is InChI=1S/C7H8O/c8-6-7-4-2-1-3-5-7/h1-4,6-7H,5H2/i7D. The molecule has 0 aliphatic heterocycles. The average Bonchev–Trinajstić information content (AvgIpc) is 1.90. The summed E-state index contributed by atoms with van der Waals surface area (Å²) in [6, 6.07) is 0. The fraction of sp³-hybridized carbons (Fsp3) is 0.286. The maximum absolute atomic E-state index is 10.2. The molecule has 0 aromatic heterocycles. The van der Waals surface area contributed by atoms with Gasteiger partial charge in [0.15, 0.2) is 0 Å². The molecule has 0 aromatic rings. The fourth-order valence-electron chi connectivity index (χ4n) is 0.617. The van der Waals surface area contributed by atoms with Crippen molar-refractivity contribution in [1.29, 1.82) is 0 Å². The van der Waals surface area contributed by atoms with E-state index in [-0.39, 0.29) is 0 Å². The molecule has 1 aliphatic rings. The van der Waals surface area contributed by atoms with Crippen LogP contribution in [0.25, 0.3) is 0 Å². The molecule has 0 N–H and O–H groups in total. The Labute approximate surface area is 50.1 Å². The van der Waals surface area contributed by atoms with E-state index in [4.69, 9.17) is 1.37 Å². The van der Waals surface area contributed by atoms with E-state index >= 15 is 0 Å². The van der Waals surface area contributed by atoms with Crippen LogP contribution >= 0.6 is 0 Å². The van der Waals surface area contributed by atoms with E-state index in [0.717, 1.165) is 0 Å². The molecule has 42 valence electrons. The first-order valence-electron chi connectivity index (χ1n) is 3.07. The molecule has 0 heterocycles. The second kappa shape index (κ2) is 2.46. The number of carbonyl (C=O) groups excluding carboxylic acids is 1. The number of carbonyl (C=O) groups is 1. The number of allylic oxidation sites excluding steroid dienone is 4. The third-order valence-corrected chi connectivity index (χ3v) is 1.06. The van der Waals surface area contributed by atoms with Gasteiger partial charge in [0, 0.05) is 7.26 Å². The Bertz CT molecular complexity index is 172. The van der Waals surface area contributed by atoms with Gasteiger partial charge in [-0.2, -0.15) is 0 Å². The molecule has 1 aliphatic carbocycles. The van der Waals surface area contributed by atoms with Gasteiger partial charge in [-0.25, -0.2) is 0 Å². The number of hydrogen-bond donors (Lipinski definition) is 0. The Morgan fingerprint density at radius 1 is 1.75 bits per heavy atom. The first-order valence-corrected chi connectivity index (χ1v) is 2.57. The molecule has 1 heteroatoms. The van der Waals surface area contributed by atoms with Crippen LogP contribution in [0, 0.1) is 5.89 Å². The van der Waals surface area contributed by atoms with Gasteiger partial charge in [0.2, 0.25) is 0 Å². The van der Waals surface area contributed by atoms with Crippen LogP contribution in [0.1, 0.15) is 7.79 Å². The van der Waals surface area contributed by atoms with Gasteiger partial charge in [-0.3, -0.25) is 0 Å². The molecule has 1 nitrogen and oxygen atoms in total. The smallest absolute Gasteiger partial charge is 0.127 e. The van der Waals surface area contributed by atoms with Crippen LogP contribution < -0.4 is 0 Å². The Balaban J connectivity index is 2.73. The lowest BCUT2D eigenvalue weighted by molar-refractivity contribution is -0.109. The summed E-state index contributed by atoms with van der Waals surface area (Å²) in [5.74, 6) is -0.977. The number of rotatable bonds is 1. The lowest BCUT2D eigenvalue weighted by Crippen LogP contribution is -1.96. The molecule has 1 atom stereocenters.